The molecule has 0 saturated carbocycles. The molecule has 3 aromatic rings. The van der Waals surface area contributed by atoms with Crippen molar-refractivity contribution in [1.29, 1.82) is 0 Å². The fourth-order valence-electron chi connectivity index (χ4n) is 2.61. The zero-order chi connectivity index (χ0) is 20.9. The molecule has 0 aliphatic rings. The number of anilines is 2. The predicted octanol–water partition coefficient (Wildman–Crippen LogP) is 5.21. The van der Waals surface area contributed by atoms with Crippen LogP contribution < -0.4 is 10.1 Å². The molecule has 0 saturated heterocycles. The molecule has 2 aromatic carbocycles. The van der Waals surface area contributed by atoms with Crippen molar-refractivity contribution in [2.45, 2.75) is 12.8 Å². The minimum Gasteiger partial charge on any atom is -0.489 e. The highest BCUT2D eigenvalue weighted by Gasteiger charge is 2.37. The third-order valence-corrected chi connectivity index (χ3v) is 4.01. The number of hydrogen-bond donors (Lipinski definition) is 1. The molecule has 1 N–H and O–H groups in total. The number of methoxy groups -OCH3 is 1. The van der Waals surface area contributed by atoms with Gasteiger partial charge in [0.25, 0.3) is 0 Å². The zero-order valence-electron chi connectivity index (χ0n) is 15.4. The normalized spacial score (nSPS) is 11.0. The van der Waals surface area contributed by atoms with E-state index in [0.717, 1.165) is 24.9 Å². The van der Waals surface area contributed by atoms with Gasteiger partial charge < -0.3 is 14.8 Å². The molecule has 0 radical (unpaired) electrons. The summed E-state index contributed by atoms with van der Waals surface area (Å²) in [6.45, 7) is 0.384. The summed E-state index contributed by atoms with van der Waals surface area (Å²) in [5.41, 5.74) is -0.351. The first-order chi connectivity index (χ1) is 13.9. The number of nitrogens with zero attached hydrogens (tertiary/aromatic N) is 1. The van der Waals surface area contributed by atoms with Gasteiger partial charge >= 0.3 is 12.1 Å². The molecule has 8 heteroatoms. The Morgan fingerprint density at radius 2 is 1.72 bits per heavy atom. The van der Waals surface area contributed by atoms with Gasteiger partial charge in [0.1, 0.15) is 23.7 Å². The summed E-state index contributed by atoms with van der Waals surface area (Å²) < 4.78 is 50.0. The van der Waals surface area contributed by atoms with E-state index in [4.69, 9.17) is 4.74 Å². The van der Waals surface area contributed by atoms with Crippen molar-refractivity contribution < 1.29 is 27.4 Å². The van der Waals surface area contributed by atoms with Crippen LogP contribution in [0.15, 0.2) is 66.9 Å². The van der Waals surface area contributed by atoms with Crippen LogP contribution in [0.2, 0.25) is 0 Å². The van der Waals surface area contributed by atoms with Gasteiger partial charge in [0.2, 0.25) is 0 Å². The molecule has 0 aliphatic carbocycles. The van der Waals surface area contributed by atoms with Crippen LogP contribution in [-0.2, 0) is 17.5 Å². The van der Waals surface area contributed by atoms with Gasteiger partial charge in [0.05, 0.1) is 12.7 Å². The number of carbonyl (C=O) groups is 1. The molecule has 0 aliphatic heterocycles. The quantitative estimate of drug-likeness (QED) is 0.574. The molecular weight excluding hydrogens is 385 g/mol. The number of alkyl halides is 3. The molecule has 0 amide bonds. The summed E-state index contributed by atoms with van der Waals surface area (Å²) in [6, 6.07) is 16.9. The summed E-state index contributed by atoms with van der Waals surface area (Å²) in [5.74, 6) is -0.787. The van der Waals surface area contributed by atoms with Gasteiger partial charge in [-0.05, 0) is 35.9 Å². The van der Waals surface area contributed by atoms with Crippen LogP contribution in [0, 0.1) is 0 Å². The lowest BCUT2D eigenvalue weighted by Crippen LogP contribution is -2.17. The maximum Gasteiger partial charge on any atom is 0.417 e. The van der Waals surface area contributed by atoms with E-state index in [9.17, 15) is 18.0 Å². The van der Waals surface area contributed by atoms with E-state index in [-0.39, 0.29) is 5.82 Å². The number of hydrogen-bond acceptors (Lipinski definition) is 5. The van der Waals surface area contributed by atoms with Gasteiger partial charge in [-0.2, -0.15) is 13.2 Å². The largest absolute Gasteiger partial charge is 0.489 e. The van der Waals surface area contributed by atoms with Gasteiger partial charge in [-0.15, -0.1) is 0 Å². The third kappa shape index (κ3) is 5.04. The van der Waals surface area contributed by atoms with Crippen LogP contribution >= 0.6 is 0 Å². The van der Waals surface area contributed by atoms with Crippen molar-refractivity contribution in [2.75, 3.05) is 12.4 Å². The Labute approximate surface area is 165 Å². The molecule has 29 heavy (non-hydrogen) atoms. The van der Waals surface area contributed by atoms with Gasteiger partial charge in [0.15, 0.2) is 0 Å². The first kappa shape index (κ1) is 20.2. The molecule has 5 nitrogen and oxygen atoms in total. The van der Waals surface area contributed by atoms with Crippen LogP contribution in [0.3, 0.4) is 0 Å². The number of nitrogens with one attached hydrogen (secondary N) is 1. The number of carbonyl (C=O) groups excluding carboxylic acids is 1. The molecule has 1 aromatic heterocycles. The minimum atomic E-state index is -4.72. The highest BCUT2D eigenvalue weighted by Crippen LogP contribution is 2.35. The minimum absolute atomic E-state index is 0.246. The van der Waals surface area contributed by atoms with Crippen LogP contribution in [0.5, 0.6) is 5.75 Å². The lowest BCUT2D eigenvalue weighted by atomic mass is 10.1. The second kappa shape index (κ2) is 8.64. The highest BCUT2D eigenvalue weighted by atomic mass is 19.4. The van der Waals surface area contributed by atoms with E-state index in [1.807, 2.05) is 30.3 Å². The summed E-state index contributed by atoms with van der Waals surface area (Å²) >= 11 is 0. The number of aromatic nitrogens is 1. The average molecular weight is 402 g/mol. The van der Waals surface area contributed by atoms with Gasteiger partial charge in [-0.1, -0.05) is 30.3 Å². The van der Waals surface area contributed by atoms with Gasteiger partial charge in [-0.3, -0.25) is 0 Å². The summed E-state index contributed by atoms with van der Waals surface area (Å²) in [4.78, 5) is 15.8. The zero-order valence-corrected chi connectivity index (χ0v) is 15.4. The molecule has 3 rings (SSSR count). The number of rotatable bonds is 6. The molecular formula is C21H17F3N2O3. The lowest BCUT2D eigenvalue weighted by molar-refractivity contribution is -0.138. The van der Waals surface area contributed by atoms with Crippen LogP contribution in [0.1, 0.15) is 21.5 Å². The van der Waals surface area contributed by atoms with Gasteiger partial charge in [-0.25, -0.2) is 9.78 Å². The van der Waals surface area contributed by atoms with Crippen molar-refractivity contribution >= 4 is 17.5 Å². The molecule has 0 unspecified atom stereocenters. The fourth-order valence-corrected chi connectivity index (χ4v) is 2.61. The fraction of sp³-hybridized carbons (Fsp3) is 0.143. The number of pyridine rings is 1. The van der Waals surface area contributed by atoms with Crippen molar-refractivity contribution in [1.82, 2.24) is 4.98 Å². The Hall–Kier alpha value is -3.55. The Kier molecular flexibility index (Phi) is 6.01. The second-order valence-electron chi connectivity index (χ2n) is 6.00. The summed E-state index contributed by atoms with van der Waals surface area (Å²) in [6.07, 6.45) is -3.74. The van der Waals surface area contributed by atoms with Crippen molar-refractivity contribution in [3.05, 3.63) is 83.6 Å². The Morgan fingerprint density at radius 1 is 1.03 bits per heavy atom. The highest BCUT2D eigenvalue weighted by molar-refractivity contribution is 5.97. The predicted molar refractivity (Wildman–Crippen MR) is 101 cm³/mol. The smallest absolute Gasteiger partial charge is 0.417 e. The third-order valence-electron chi connectivity index (χ3n) is 4.01. The van der Waals surface area contributed by atoms with E-state index in [2.05, 4.69) is 15.0 Å². The molecule has 1 heterocycles. The van der Waals surface area contributed by atoms with Crippen LogP contribution in [0.4, 0.5) is 24.7 Å². The standard InChI is InChI=1S/C21H17F3N2O3/c1-28-20(27)18-17(21(22,23)24)11-12-25-19(18)26-15-7-9-16(10-8-15)29-13-14-5-3-2-4-6-14/h2-12H,13H2,1H3,(H,25,26). The molecule has 150 valence electrons. The summed E-state index contributed by atoms with van der Waals surface area (Å²) in [7, 11) is 1.01. The number of benzene rings is 2. The topological polar surface area (TPSA) is 60.5 Å². The van der Waals surface area contributed by atoms with Crippen molar-refractivity contribution in [2.24, 2.45) is 0 Å². The van der Waals surface area contributed by atoms with Crippen LogP contribution in [-0.4, -0.2) is 18.1 Å². The van der Waals surface area contributed by atoms with E-state index < -0.39 is 23.3 Å². The maximum absolute atomic E-state index is 13.3. The van der Waals surface area contributed by atoms with Gasteiger partial charge in [0, 0.05) is 11.9 Å². The monoisotopic (exact) mass is 402 g/mol. The lowest BCUT2D eigenvalue weighted by Gasteiger charge is -2.15. The SMILES string of the molecule is COC(=O)c1c(C(F)(F)F)ccnc1Nc1ccc(OCc2ccccc2)cc1. The number of esters is 1. The maximum atomic E-state index is 13.3. The Morgan fingerprint density at radius 3 is 2.34 bits per heavy atom. The molecule has 0 fully saturated rings. The Balaban J connectivity index is 1.78. The van der Waals surface area contributed by atoms with E-state index >= 15 is 0 Å². The van der Waals surface area contributed by atoms with Crippen molar-refractivity contribution in [3.8, 4) is 5.75 Å². The molecule has 0 bridgehead atoms. The average Bonchev–Trinajstić information content (AvgIpc) is 2.72. The second-order valence-corrected chi connectivity index (χ2v) is 6.00. The Bertz CT molecular complexity index is 975. The first-order valence-corrected chi connectivity index (χ1v) is 8.57. The van der Waals surface area contributed by atoms with Crippen molar-refractivity contribution in [3.63, 3.8) is 0 Å². The van der Waals surface area contributed by atoms with E-state index in [1.54, 1.807) is 24.3 Å². The van der Waals surface area contributed by atoms with E-state index in [1.165, 1.54) is 0 Å². The number of halogens is 3. The molecule has 0 spiro atoms. The summed E-state index contributed by atoms with van der Waals surface area (Å²) in [5, 5.41) is 2.73. The van der Waals surface area contributed by atoms with Crippen LogP contribution in [0.25, 0.3) is 0 Å². The number of ether oxygens (including phenoxy) is 2. The molecule has 0 atom stereocenters. The van der Waals surface area contributed by atoms with E-state index in [0.29, 0.717) is 18.0 Å². The first-order valence-electron chi connectivity index (χ1n) is 8.57.